The minimum Gasteiger partial charge on any atom is -0.490 e. The molecule has 0 fully saturated rings. The van der Waals surface area contributed by atoms with Crippen molar-refractivity contribution in [2.75, 3.05) is 6.61 Å². The second-order valence-electron chi connectivity index (χ2n) is 7.34. The molecular formula is C21H25ClO6. The van der Waals surface area contributed by atoms with Gasteiger partial charge in [0.05, 0.1) is 5.03 Å². The summed E-state index contributed by atoms with van der Waals surface area (Å²) in [5, 5.41) is 10.5. The minimum absolute atomic E-state index is 0.0525. The lowest BCUT2D eigenvalue weighted by molar-refractivity contribution is -0.178. The molecule has 6 nitrogen and oxygen atoms in total. The molecule has 3 unspecified atom stereocenters. The number of hydrogen-bond donors (Lipinski definition) is 1. The van der Waals surface area contributed by atoms with E-state index in [0.29, 0.717) is 11.7 Å². The Labute approximate surface area is 169 Å². The van der Waals surface area contributed by atoms with Crippen molar-refractivity contribution in [1.82, 2.24) is 0 Å². The molecule has 1 N–H and O–H groups in total. The maximum absolute atomic E-state index is 12.8. The summed E-state index contributed by atoms with van der Waals surface area (Å²) in [7, 11) is 0. The Morgan fingerprint density at radius 2 is 2.07 bits per heavy atom. The van der Waals surface area contributed by atoms with E-state index in [1.165, 1.54) is 6.08 Å². The van der Waals surface area contributed by atoms with Gasteiger partial charge in [-0.05, 0) is 31.9 Å². The summed E-state index contributed by atoms with van der Waals surface area (Å²) in [6, 6.07) is 0. The summed E-state index contributed by atoms with van der Waals surface area (Å²) in [5.41, 5.74) is -3.39. The average Bonchev–Trinajstić information content (AvgIpc) is 2.63. The highest BCUT2D eigenvalue weighted by Gasteiger charge is 2.61. The van der Waals surface area contributed by atoms with Crippen LogP contribution in [0.1, 0.15) is 41.0 Å². The SMILES string of the molecule is CCC(C)C=C(C)C=CC1=CC2=C(Cl)C(=O)C(C)(OC(C)=O)C(=O)C2(O)CO1. The number of allylic oxidation sites excluding steroid dienone is 4. The van der Waals surface area contributed by atoms with Gasteiger partial charge in [0.25, 0.3) is 0 Å². The smallest absolute Gasteiger partial charge is 0.304 e. The predicted octanol–water partition coefficient (Wildman–Crippen LogP) is 3.15. The largest absolute Gasteiger partial charge is 0.490 e. The summed E-state index contributed by atoms with van der Waals surface area (Å²) < 4.78 is 10.4. The number of halogens is 1. The first kappa shape index (κ1) is 22.1. The van der Waals surface area contributed by atoms with Crippen molar-refractivity contribution in [2.24, 2.45) is 5.92 Å². The Morgan fingerprint density at radius 3 is 2.64 bits per heavy atom. The van der Waals surface area contributed by atoms with Crippen LogP contribution in [0.3, 0.4) is 0 Å². The predicted molar refractivity (Wildman–Crippen MR) is 104 cm³/mol. The lowest BCUT2D eigenvalue weighted by Gasteiger charge is -2.41. The maximum Gasteiger partial charge on any atom is 0.304 e. The highest BCUT2D eigenvalue weighted by molar-refractivity contribution is 6.48. The first-order valence-electron chi connectivity index (χ1n) is 9.08. The Hall–Kier alpha value is -2.18. The third kappa shape index (κ3) is 3.98. The van der Waals surface area contributed by atoms with Gasteiger partial charge < -0.3 is 14.6 Å². The molecule has 3 atom stereocenters. The highest BCUT2D eigenvalue weighted by Crippen LogP contribution is 2.42. The highest BCUT2D eigenvalue weighted by atomic mass is 35.5. The van der Waals surface area contributed by atoms with Gasteiger partial charge in [-0.25, -0.2) is 0 Å². The first-order valence-corrected chi connectivity index (χ1v) is 9.46. The summed E-state index contributed by atoms with van der Waals surface area (Å²) in [5.74, 6) is -1.90. The van der Waals surface area contributed by atoms with Crippen molar-refractivity contribution in [3.8, 4) is 0 Å². The van der Waals surface area contributed by atoms with E-state index in [0.717, 1.165) is 25.8 Å². The van der Waals surface area contributed by atoms with Crippen LogP contribution in [0.15, 0.2) is 46.2 Å². The molecule has 0 aromatic rings. The summed E-state index contributed by atoms with van der Waals surface area (Å²) in [6.07, 6.45) is 8.01. The van der Waals surface area contributed by atoms with E-state index in [1.807, 2.05) is 13.0 Å². The second kappa shape index (κ2) is 8.05. The quantitative estimate of drug-likeness (QED) is 0.427. The van der Waals surface area contributed by atoms with Crippen LogP contribution in [0.4, 0.5) is 0 Å². The van der Waals surface area contributed by atoms with Crippen LogP contribution in [0, 0.1) is 5.92 Å². The number of carbonyl (C=O) groups is 3. The van der Waals surface area contributed by atoms with E-state index in [2.05, 4.69) is 19.9 Å². The molecule has 0 radical (unpaired) electrons. The molecule has 152 valence electrons. The van der Waals surface area contributed by atoms with Gasteiger partial charge in [-0.3, -0.25) is 14.4 Å². The van der Waals surface area contributed by atoms with Crippen molar-refractivity contribution in [1.29, 1.82) is 0 Å². The van der Waals surface area contributed by atoms with Crippen LogP contribution in [0.2, 0.25) is 0 Å². The van der Waals surface area contributed by atoms with Gasteiger partial charge in [0, 0.05) is 12.5 Å². The molecule has 2 aliphatic rings. The van der Waals surface area contributed by atoms with Crippen molar-refractivity contribution < 1.29 is 29.0 Å². The topological polar surface area (TPSA) is 89.9 Å². The zero-order chi connectivity index (χ0) is 21.3. The van der Waals surface area contributed by atoms with Gasteiger partial charge in [0.1, 0.15) is 12.4 Å². The lowest BCUT2D eigenvalue weighted by atomic mass is 9.72. The fourth-order valence-corrected chi connectivity index (χ4v) is 3.53. The molecule has 1 heterocycles. The molecule has 28 heavy (non-hydrogen) atoms. The van der Waals surface area contributed by atoms with Gasteiger partial charge >= 0.3 is 5.97 Å². The molecule has 0 spiro atoms. The van der Waals surface area contributed by atoms with Crippen LogP contribution < -0.4 is 0 Å². The van der Waals surface area contributed by atoms with Crippen LogP contribution in [-0.2, 0) is 23.9 Å². The third-order valence-corrected chi connectivity index (χ3v) is 5.28. The number of ketones is 2. The van der Waals surface area contributed by atoms with E-state index in [-0.39, 0.29) is 10.6 Å². The summed E-state index contributed by atoms with van der Waals surface area (Å²) in [4.78, 5) is 36.8. The van der Waals surface area contributed by atoms with Gasteiger partial charge in [-0.2, -0.15) is 0 Å². The standard InChI is InChI=1S/C21H25ClO6/c1-6-12(2)9-13(3)7-8-15-10-16-17(22)18(24)20(5,28-14(4)23)19(25)21(16,26)11-27-15/h7-10,12,26H,6,11H2,1-5H3. The van der Waals surface area contributed by atoms with E-state index < -0.39 is 35.3 Å². The summed E-state index contributed by atoms with van der Waals surface area (Å²) >= 11 is 6.17. The van der Waals surface area contributed by atoms with Gasteiger partial charge in [-0.15, -0.1) is 0 Å². The fourth-order valence-electron chi connectivity index (χ4n) is 3.14. The van der Waals surface area contributed by atoms with Crippen molar-refractivity contribution in [3.63, 3.8) is 0 Å². The number of fused-ring (bicyclic) bond motifs is 1. The molecule has 1 aliphatic heterocycles. The zero-order valence-electron chi connectivity index (χ0n) is 16.7. The molecule has 0 bridgehead atoms. The second-order valence-corrected chi connectivity index (χ2v) is 7.72. The number of esters is 1. The van der Waals surface area contributed by atoms with E-state index in [4.69, 9.17) is 21.1 Å². The minimum atomic E-state index is -2.19. The lowest BCUT2D eigenvalue weighted by Crippen LogP contribution is -2.64. The molecule has 0 aromatic carbocycles. The van der Waals surface area contributed by atoms with E-state index >= 15 is 0 Å². The Bertz CT molecular complexity index is 834. The Kier molecular flexibility index (Phi) is 6.36. The number of ether oxygens (including phenoxy) is 2. The van der Waals surface area contributed by atoms with Crippen LogP contribution in [0.25, 0.3) is 0 Å². The number of rotatable bonds is 5. The first-order chi connectivity index (χ1) is 13.0. The number of carbonyl (C=O) groups excluding carboxylic acids is 3. The van der Waals surface area contributed by atoms with Crippen molar-refractivity contribution in [2.45, 2.75) is 52.2 Å². The van der Waals surface area contributed by atoms with Crippen molar-refractivity contribution >= 4 is 29.1 Å². The zero-order valence-corrected chi connectivity index (χ0v) is 17.4. The van der Waals surface area contributed by atoms with Crippen LogP contribution >= 0.6 is 11.6 Å². The number of aliphatic hydroxyl groups is 1. The molecular weight excluding hydrogens is 384 g/mol. The third-order valence-electron chi connectivity index (χ3n) is 4.91. The number of Topliss-reactive ketones (excluding diaryl/α,β-unsaturated/α-hetero) is 2. The Balaban J connectivity index is 2.43. The van der Waals surface area contributed by atoms with Gasteiger partial charge in [0.15, 0.2) is 5.60 Å². The molecule has 1 aliphatic carbocycles. The van der Waals surface area contributed by atoms with Crippen LogP contribution in [0.5, 0.6) is 0 Å². The molecule has 2 rings (SSSR count). The van der Waals surface area contributed by atoms with Crippen LogP contribution in [-0.4, -0.2) is 40.5 Å². The Morgan fingerprint density at radius 1 is 1.43 bits per heavy atom. The van der Waals surface area contributed by atoms with Gasteiger partial charge in [-0.1, -0.05) is 49.6 Å². The van der Waals surface area contributed by atoms with E-state index in [9.17, 15) is 19.5 Å². The molecule has 0 amide bonds. The summed E-state index contributed by atoms with van der Waals surface area (Å²) in [6.45, 7) is 7.91. The average molecular weight is 409 g/mol. The van der Waals surface area contributed by atoms with Gasteiger partial charge in [0.2, 0.25) is 17.2 Å². The normalized spacial score (nSPS) is 29.4. The maximum atomic E-state index is 12.8. The molecule has 0 saturated heterocycles. The van der Waals surface area contributed by atoms with Crippen molar-refractivity contribution in [3.05, 3.63) is 46.2 Å². The molecule has 0 aromatic heterocycles. The monoisotopic (exact) mass is 408 g/mol. The number of hydrogen-bond acceptors (Lipinski definition) is 6. The molecule has 0 saturated carbocycles. The fraction of sp³-hybridized carbons (Fsp3) is 0.476. The van der Waals surface area contributed by atoms with E-state index in [1.54, 1.807) is 6.08 Å². The molecule has 7 heteroatoms.